The molecule has 2 heterocycles. The van der Waals surface area contributed by atoms with Gasteiger partial charge in [-0.2, -0.15) is 0 Å². The van der Waals surface area contributed by atoms with Gasteiger partial charge in [0.1, 0.15) is 29.9 Å². The Hall–Kier alpha value is -2.47. The van der Waals surface area contributed by atoms with E-state index < -0.39 is 53.8 Å². The van der Waals surface area contributed by atoms with Crippen LogP contribution in [0.4, 0.5) is 0 Å². The summed E-state index contributed by atoms with van der Waals surface area (Å²) < 4.78 is 5.65. The molecule has 2 aliphatic rings. The summed E-state index contributed by atoms with van der Waals surface area (Å²) in [5.74, 6) is -2.54. The molecule has 10 nitrogen and oxygen atoms in total. The third-order valence-electron chi connectivity index (χ3n) is 5.59. The Kier molecular flexibility index (Phi) is 11.8. The first-order valence-electron chi connectivity index (χ1n) is 12.0. The highest BCUT2D eigenvalue weighted by atomic mass is 33.1. The maximum Gasteiger partial charge on any atom is 0.329 e. The van der Waals surface area contributed by atoms with E-state index in [1.807, 2.05) is 6.08 Å². The van der Waals surface area contributed by atoms with E-state index in [0.29, 0.717) is 12.2 Å². The van der Waals surface area contributed by atoms with Gasteiger partial charge in [0.15, 0.2) is 0 Å². The molecule has 2 bridgehead atoms. The highest BCUT2D eigenvalue weighted by Gasteiger charge is 2.33. The summed E-state index contributed by atoms with van der Waals surface area (Å²) >= 11 is 0. The van der Waals surface area contributed by atoms with Crippen molar-refractivity contribution in [2.75, 3.05) is 11.5 Å². The molecule has 4 atom stereocenters. The minimum absolute atomic E-state index is 0.0445. The maximum atomic E-state index is 13.2. The van der Waals surface area contributed by atoms with E-state index in [1.165, 1.54) is 27.7 Å². The summed E-state index contributed by atoms with van der Waals surface area (Å²) in [5, 5.41) is 10.7. The van der Waals surface area contributed by atoms with Crippen molar-refractivity contribution in [3.8, 4) is 0 Å². The van der Waals surface area contributed by atoms with Gasteiger partial charge in [0.2, 0.25) is 17.7 Å². The average molecular weight is 541 g/mol. The Balaban J connectivity index is 2.55. The summed E-state index contributed by atoms with van der Waals surface area (Å²) in [6.45, 7) is 8.66. The van der Waals surface area contributed by atoms with Crippen LogP contribution in [0.25, 0.3) is 0 Å². The van der Waals surface area contributed by atoms with Gasteiger partial charge in [-0.1, -0.05) is 61.4 Å². The first-order valence-corrected chi connectivity index (χ1v) is 14.5. The number of carbonyl (C=O) groups is 5. The van der Waals surface area contributed by atoms with Crippen LogP contribution in [0.5, 0.6) is 0 Å². The van der Waals surface area contributed by atoms with Gasteiger partial charge in [0.05, 0.1) is 6.42 Å². The summed E-state index contributed by atoms with van der Waals surface area (Å²) in [4.78, 5) is 65.2. The van der Waals surface area contributed by atoms with E-state index in [2.05, 4.69) is 21.3 Å². The zero-order chi connectivity index (χ0) is 26.8. The summed E-state index contributed by atoms with van der Waals surface area (Å²) in [5.41, 5.74) is -0.0445. The topological polar surface area (TPSA) is 143 Å². The van der Waals surface area contributed by atoms with Crippen LogP contribution in [0.3, 0.4) is 0 Å². The normalized spacial score (nSPS) is 29.6. The van der Waals surface area contributed by atoms with E-state index >= 15 is 0 Å². The van der Waals surface area contributed by atoms with E-state index in [0.717, 1.165) is 0 Å². The van der Waals surface area contributed by atoms with Crippen molar-refractivity contribution in [3.05, 3.63) is 23.9 Å². The number of hydrogen-bond donors (Lipinski definition) is 4. The molecule has 0 radical (unpaired) electrons. The molecule has 1 fully saturated rings. The molecule has 0 spiro atoms. The standard InChI is InChI=1S/C24H36N4O6S2/c1-6-16-21(30)28-20(14(4)5)24(33)34-15-9-7-8-10-35-36-12-17(22(31)25-16)26-23(32)19(13(2)3)27-18(29)11-15/h6-7,9,13-15,17,19-20H,8,10-12H2,1-5H3,(H,25,31)(H,26,32)(H,27,29)(H,28,30)/b9-7+,16-6?. The van der Waals surface area contributed by atoms with Crippen molar-refractivity contribution in [2.45, 2.75) is 71.7 Å². The molecule has 0 saturated carbocycles. The molecule has 36 heavy (non-hydrogen) atoms. The van der Waals surface area contributed by atoms with Crippen LogP contribution in [-0.4, -0.2) is 65.3 Å². The second kappa shape index (κ2) is 14.3. The molecule has 0 aliphatic carbocycles. The first kappa shape index (κ1) is 29.8. The van der Waals surface area contributed by atoms with Crippen LogP contribution in [0.15, 0.2) is 23.9 Å². The molecule has 4 N–H and O–H groups in total. The van der Waals surface area contributed by atoms with Gasteiger partial charge in [-0.25, -0.2) is 4.79 Å². The predicted molar refractivity (Wildman–Crippen MR) is 141 cm³/mol. The molecule has 0 aromatic carbocycles. The lowest BCUT2D eigenvalue weighted by atomic mass is 10.0. The third kappa shape index (κ3) is 8.88. The zero-order valence-corrected chi connectivity index (χ0v) is 22.9. The average Bonchev–Trinajstić information content (AvgIpc) is 2.81. The summed E-state index contributed by atoms with van der Waals surface area (Å²) in [7, 11) is 2.95. The van der Waals surface area contributed by atoms with E-state index in [4.69, 9.17) is 4.74 Å². The number of allylic oxidation sites excluding steroid dienone is 2. The molecule has 4 amide bonds. The van der Waals surface area contributed by atoms with Crippen molar-refractivity contribution in [3.63, 3.8) is 0 Å². The fraction of sp³-hybridized carbons (Fsp3) is 0.625. The Labute approximate surface area is 220 Å². The number of carbonyl (C=O) groups excluding carboxylic acids is 5. The number of amides is 4. The van der Waals surface area contributed by atoms with Gasteiger partial charge in [0, 0.05) is 11.5 Å². The molecule has 12 heteroatoms. The van der Waals surface area contributed by atoms with Gasteiger partial charge >= 0.3 is 5.97 Å². The van der Waals surface area contributed by atoms with E-state index in [1.54, 1.807) is 40.7 Å². The Morgan fingerprint density at radius 1 is 0.944 bits per heavy atom. The van der Waals surface area contributed by atoms with Crippen molar-refractivity contribution in [2.24, 2.45) is 11.8 Å². The van der Waals surface area contributed by atoms with Crippen LogP contribution < -0.4 is 21.3 Å². The SMILES string of the molecule is CC=C1NC(=O)C2CSSCC/C=C/C(CC(=O)NC(C(C)C)C(=O)N2)OC(=O)C(C(C)C)NC1=O. The highest BCUT2D eigenvalue weighted by molar-refractivity contribution is 8.76. The van der Waals surface area contributed by atoms with E-state index in [-0.39, 0.29) is 29.7 Å². The Morgan fingerprint density at radius 3 is 2.28 bits per heavy atom. The summed E-state index contributed by atoms with van der Waals surface area (Å²) in [6.07, 6.45) is 4.51. The van der Waals surface area contributed by atoms with Gasteiger partial charge < -0.3 is 26.0 Å². The number of hydrogen-bond acceptors (Lipinski definition) is 8. The van der Waals surface area contributed by atoms with Crippen molar-refractivity contribution in [1.29, 1.82) is 0 Å². The number of nitrogens with one attached hydrogen (secondary N) is 4. The third-order valence-corrected chi connectivity index (χ3v) is 8.03. The summed E-state index contributed by atoms with van der Waals surface area (Å²) in [6, 6.07) is -2.86. The van der Waals surface area contributed by atoms with Gasteiger partial charge in [-0.05, 0) is 31.3 Å². The van der Waals surface area contributed by atoms with Crippen LogP contribution >= 0.6 is 21.6 Å². The molecule has 200 valence electrons. The molecule has 2 aliphatic heterocycles. The second-order valence-electron chi connectivity index (χ2n) is 9.24. The molecule has 2 rings (SSSR count). The molecular formula is C24H36N4O6S2. The van der Waals surface area contributed by atoms with Crippen LogP contribution in [0.1, 0.15) is 47.5 Å². The van der Waals surface area contributed by atoms with Crippen molar-refractivity contribution >= 4 is 51.2 Å². The number of rotatable bonds is 2. The van der Waals surface area contributed by atoms with Crippen molar-refractivity contribution in [1.82, 2.24) is 21.3 Å². The lowest BCUT2D eigenvalue weighted by Gasteiger charge is -2.27. The van der Waals surface area contributed by atoms with Gasteiger partial charge in [-0.15, -0.1) is 0 Å². The van der Waals surface area contributed by atoms with E-state index in [9.17, 15) is 24.0 Å². The maximum absolute atomic E-state index is 13.2. The van der Waals surface area contributed by atoms with Crippen LogP contribution in [0, 0.1) is 11.8 Å². The molecular weight excluding hydrogens is 504 g/mol. The molecule has 0 aromatic rings. The quantitative estimate of drug-likeness (QED) is 0.178. The Morgan fingerprint density at radius 2 is 1.64 bits per heavy atom. The number of esters is 1. The van der Waals surface area contributed by atoms with Gasteiger partial charge in [0.25, 0.3) is 5.91 Å². The fourth-order valence-corrected chi connectivity index (χ4v) is 5.66. The first-order chi connectivity index (χ1) is 17.0. The lowest BCUT2D eigenvalue weighted by Crippen LogP contribution is -2.57. The molecule has 0 aromatic heterocycles. The fourth-order valence-electron chi connectivity index (χ4n) is 3.50. The van der Waals surface area contributed by atoms with Crippen molar-refractivity contribution < 1.29 is 28.7 Å². The number of ether oxygens (including phenoxy) is 1. The second-order valence-corrected chi connectivity index (χ2v) is 11.9. The molecule has 1 saturated heterocycles. The molecule has 4 unspecified atom stereocenters. The zero-order valence-electron chi connectivity index (χ0n) is 21.3. The minimum atomic E-state index is -1.00. The van der Waals surface area contributed by atoms with Crippen LogP contribution in [0.2, 0.25) is 0 Å². The lowest BCUT2D eigenvalue weighted by molar-refractivity contribution is -0.153. The monoisotopic (exact) mass is 540 g/mol. The minimum Gasteiger partial charge on any atom is -0.456 e. The number of fused-ring (bicyclic) bond motifs is 7. The Bertz CT molecular complexity index is 905. The predicted octanol–water partition coefficient (Wildman–Crippen LogP) is 1.43. The highest BCUT2D eigenvalue weighted by Crippen LogP contribution is 2.24. The smallest absolute Gasteiger partial charge is 0.329 e. The largest absolute Gasteiger partial charge is 0.456 e. The van der Waals surface area contributed by atoms with Crippen LogP contribution in [-0.2, 0) is 28.7 Å². The van der Waals surface area contributed by atoms with Gasteiger partial charge in [-0.3, -0.25) is 19.2 Å².